The van der Waals surface area contributed by atoms with E-state index in [1.165, 1.54) is 38.8 Å². The fourth-order valence-electron chi connectivity index (χ4n) is 2.46. The molecule has 0 aliphatic carbocycles. The smallest absolute Gasteiger partial charge is 0.00959 e. The van der Waals surface area contributed by atoms with Crippen molar-refractivity contribution >= 4 is 0 Å². The summed E-state index contributed by atoms with van der Waals surface area (Å²) in [6.07, 6.45) is 5.69. The standard InChI is InChI=1S/C13H27N/c1-11(2)7-8-13-6-5-9-14(13)10-12(3)4/h11-13H,5-10H2,1-4H3. The van der Waals surface area contributed by atoms with Gasteiger partial charge in [0.1, 0.15) is 0 Å². The fraction of sp³-hybridized carbons (Fsp3) is 1.00. The summed E-state index contributed by atoms with van der Waals surface area (Å²) in [6, 6.07) is 0.903. The highest BCUT2D eigenvalue weighted by Crippen LogP contribution is 2.23. The molecule has 0 aromatic carbocycles. The monoisotopic (exact) mass is 197 g/mol. The Labute approximate surface area is 89.9 Å². The van der Waals surface area contributed by atoms with Gasteiger partial charge in [-0.05, 0) is 44.1 Å². The molecule has 14 heavy (non-hydrogen) atoms. The molecule has 1 fully saturated rings. The van der Waals surface area contributed by atoms with E-state index in [2.05, 4.69) is 32.6 Å². The number of hydrogen-bond donors (Lipinski definition) is 0. The molecule has 1 aliphatic rings. The van der Waals surface area contributed by atoms with Gasteiger partial charge in [0.05, 0.1) is 0 Å². The Kier molecular flexibility index (Phi) is 4.94. The topological polar surface area (TPSA) is 3.24 Å². The molecule has 0 saturated carbocycles. The molecule has 0 N–H and O–H groups in total. The lowest BCUT2D eigenvalue weighted by Crippen LogP contribution is -2.32. The van der Waals surface area contributed by atoms with Crippen LogP contribution in [0.2, 0.25) is 0 Å². The average Bonchev–Trinajstić information content (AvgIpc) is 2.47. The van der Waals surface area contributed by atoms with Crippen molar-refractivity contribution in [3.8, 4) is 0 Å². The van der Waals surface area contributed by atoms with Crippen molar-refractivity contribution in [3.63, 3.8) is 0 Å². The van der Waals surface area contributed by atoms with Gasteiger partial charge in [-0.2, -0.15) is 0 Å². The summed E-state index contributed by atoms with van der Waals surface area (Å²) in [5.74, 6) is 1.70. The Morgan fingerprint density at radius 3 is 2.43 bits per heavy atom. The van der Waals surface area contributed by atoms with E-state index >= 15 is 0 Å². The second-order valence-corrected chi connectivity index (χ2v) is 5.66. The molecule has 0 aromatic heterocycles. The Morgan fingerprint density at radius 2 is 1.86 bits per heavy atom. The van der Waals surface area contributed by atoms with Crippen LogP contribution in [0.15, 0.2) is 0 Å². The van der Waals surface area contributed by atoms with E-state index in [1.807, 2.05) is 0 Å². The Balaban J connectivity index is 2.28. The van der Waals surface area contributed by atoms with Crippen molar-refractivity contribution in [3.05, 3.63) is 0 Å². The van der Waals surface area contributed by atoms with Crippen LogP contribution in [0.4, 0.5) is 0 Å². The molecule has 0 bridgehead atoms. The normalized spacial score (nSPS) is 24.0. The van der Waals surface area contributed by atoms with E-state index < -0.39 is 0 Å². The summed E-state index contributed by atoms with van der Waals surface area (Å²) >= 11 is 0. The Bertz CT molecular complexity index is 151. The first-order chi connectivity index (χ1) is 6.59. The van der Waals surface area contributed by atoms with Gasteiger partial charge in [-0.25, -0.2) is 0 Å². The summed E-state index contributed by atoms with van der Waals surface area (Å²) in [5.41, 5.74) is 0. The number of nitrogens with zero attached hydrogens (tertiary/aromatic N) is 1. The minimum atomic E-state index is 0.828. The van der Waals surface area contributed by atoms with Crippen molar-refractivity contribution in [2.45, 2.75) is 59.4 Å². The summed E-state index contributed by atoms with van der Waals surface area (Å²) < 4.78 is 0. The summed E-state index contributed by atoms with van der Waals surface area (Å²) in [7, 11) is 0. The van der Waals surface area contributed by atoms with Crippen LogP contribution in [0.5, 0.6) is 0 Å². The lowest BCUT2D eigenvalue weighted by Gasteiger charge is -2.26. The van der Waals surface area contributed by atoms with Crippen LogP contribution < -0.4 is 0 Å². The van der Waals surface area contributed by atoms with Crippen molar-refractivity contribution in [1.29, 1.82) is 0 Å². The molecule has 1 aliphatic heterocycles. The van der Waals surface area contributed by atoms with Gasteiger partial charge >= 0.3 is 0 Å². The lowest BCUT2D eigenvalue weighted by molar-refractivity contribution is 0.210. The Hall–Kier alpha value is -0.0400. The largest absolute Gasteiger partial charge is 0.300 e. The van der Waals surface area contributed by atoms with Gasteiger partial charge in [0.25, 0.3) is 0 Å². The summed E-state index contributed by atoms with van der Waals surface area (Å²) in [4.78, 5) is 2.72. The highest BCUT2D eigenvalue weighted by Gasteiger charge is 2.24. The van der Waals surface area contributed by atoms with E-state index in [1.54, 1.807) is 0 Å². The maximum Gasteiger partial charge on any atom is 0.00959 e. The molecule has 0 aromatic rings. The molecule has 1 saturated heterocycles. The predicted molar refractivity (Wildman–Crippen MR) is 63.5 cm³/mol. The zero-order valence-corrected chi connectivity index (χ0v) is 10.4. The number of rotatable bonds is 5. The molecule has 1 heterocycles. The van der Waals surface area contributed by atoms with Gasteiger partial charge in [-0.3, -0.25) is 0 Å². The first-order valence-electron chi connectivity index (χ1n) is 6.33. The van der Waals surface area contributed by atoms with E-state index in [0.717, 1.165) is 17.9 Å². The minimum Gasteiger partial charge on any atom is -0.300 e. The van der Waals surface area contributed by atoms with Gasteiger partial charge in [0, 0.05) is 12.6 Å². The van der Waals surface area contributed by atoms with Crippen LogP contribution in [-0.4, -0.2) is 24.0 Å². The first kappa shape index (κ1) is 12.0. The minimum absolute atomic E-state index is 0.828. The molecular formula is C13H27N. The van der Waals surface area contributed by atoms with Crippen molar-refractivity contribution in [1.82, 2.24) is 4.90 Å². The maximum atomic E-state index is 2.72. The second kappa shape index (κ2) is 5.75. The van der Waals surface area contributed by atoms with Gasteiger partial charge in [-0.15, -0.1) is 0 Å². The van der Waals surface area contributed by atoms with Gasteiger partial charge in [0.2, 0.25) is 0 Å². The fourth-order valence-corrected chi connectivity index (χ4v) is 2.46. The van der Waals surface area contributed by atoms with Crippen LogP contribution in [0, 0.1) is 11.8 Å². The third kappa shape index (κ3) is 4.00. The molecule has 1 nitrogen and oxygen atoms in total. The molecule has 84 valence electrons. The van der Waals surface area contributed by atoms with E-state index in [0.29, 0.717) is 0 Å². The van der Waals surface area contributed by atoms with Crippen molar-refractivity contribution in [2.24, 2.45) is 11.8 Å². The first-order valence-corrected chi connectivity index (χ1v) is 6.33. The molecule has 0 radical (unpaired) electrons. The SMILES string of the molecule is CC(C)CCC1CCCN1CC(C)C. The van der Waals surface area contributed by atoms with Crippen LogP contribution in [0.25, 0.3) is 0 Å². The van der Waals surface area contributed by atoms with Gasteiger partial charge < -0.3 is 4.90 Å². The second-order valence-electron chi connectivity index (χ2n) is 5.66. The molecule has 1 heteroatoms. The van der Waals surface area contributed by atoms with E-state index in [9.17, 15) is 0 Å². The predicted octanol–water partition coefficient (Wildman–Crippen LogP) is 3.54. The molecule has 0 spiro atoms. The van der Waals surface area contributed by atoms with Crippen LogP contribution in [0.3, 0.4) is 0 Å². The summed E-state index contributed by atoms with van der Waals surface area (Å²) in [6.45, 7) is 12.0. The van der Waals surface area contributed by atoms with Crippen LogP contribution >= 0.6 is 0 Å². The molecular weight excluding hydrogens is 170 g/mol. The third-order valence-corrected chi connectivity index (χ3v) is 3.18. The summed E-state index contributed by atoms with van der Waals surface area (Å²) in [5, 5.41) is 0. The van der Waals surface area contributed by atoms with Crippen molar-refractivity contribution < 1.29 is 0 Å². The lowest BCUT2D eigenvalue weighted by atomic mass is 10.0. The maximum absolute atomic E-state index is 2.72. The zero-order chi connectivity index (χ0) is 10.6. The highest BCUT2D eigenvalue weighted by molar-refractivity contribution is 4.79. The van der Waals surface area contributed by atoms with Gasteiger partial charge in [-0.1, -0.05) is 27.7 Å². The molecule has 1 rings (SSSR count). The zero-order valence-electron chi connectivity index (χ0n) is 10.4. The van der Waals surface area contributed by atoms with Crippen LogP contribution in [-0.2, 0) is 0 Å². The van der Waals surface area contributed by atoms with E-state index in [-0.39, 0.29) is 0 Å². The molecule has 1 atom stereocenters. The Morgan fingerprint density at radius 1 is 1.14 bits per heavy atom. The average molecular weight is 197 g/mol. The van der Waals surface area contributed by atoms with Crippen LogP contribution in [0.1, 0.15) is 53.4 Å². The van der Waals surface area contributed by atoms with Crippen molar-refractivity contribution in [2.75, 3.05) is 13.1 Å². The van der Waals surface area contributed by atoms with E-state index in [4.69, 9.17) is 0 Å². The number of likely N-dealkylation sites (tertiary alicyclic amines) is 1. The third-order valence-electron chi connectivity index (χ3n) is 3.18. The highest BCUT2D eigenvalue weighted by atomic mass is 15.2. The quantitative estimate of drug-likeness (QED) is 0.651. The molecule has 0 amide bonds. The van der Waals surface area contributed by atoms with Gasteiger partial charge in [0.15, 0.2) is 0 Å². The number of hydrogen-bond acceptors (Lipinski definition) is 1. The molecule has 1 unspecified atom stereocenters.